The van der Waals surface area contributed by atoms with Gasteiger partial charge in [0.25, 0.3) is 0 Å². The largest absolute Gasteiger partial charge is 0.493 e. The van der Waals surface area contributed by atoms with Gasteiger partial charge in [-0.2, -0.15) is 0 Å². The first-order valence-electron chi connectivity index (χ1n) is 8.36. The van der Waals surface area contributed by atoms with Crippen LogP contribution < -0.4 is 9.47 Å². The normalized spacial score (nSPS) is 17.7. The Kier molecular flexibility index (Phi) is 6.75. The Morgan fingerprint density at radius 1 is 1.42 bits per heavy atom. The molecule has 134 valence electrons. The van der Waals surface area contributed by atoms with Crippen LogP contribution in [0.2, 0.25) is 5.02 Å². The van der Waals surface area contributed by atoms with Crippen LogP contribution in [-0.2, 0) is 11.3 Å². The van der Waals surface area contributed by atoms with E-state index in [1.165, 1.54) is 0 Å². The van der Waals surface area contributed by atoms with Crippen molar-refractivity contribution in [3.63, 3.8) is 0 Å². The van der Waals surface area contributed by atoms with Gasteiger partial charge in [0.1, 0.15) is 0 Å². The average Bonchev–Trinajstić information content (AvgIpc) is 2.83. The zero-order valence-corrected chi connectivity index (χ0v) is 15.7. The molecule has 2 rings (SSSR count). The molecule has 0 bridgehead atoms. The average molecular weight is 355 g/mol. The summed E-state index contributed by atoms with van der Waals surface area (Å²) in [5, 5.41) is 0.634. The minimum Gasteiger partial charge on any atom is -0.493 e. The SMILES string of the molecule is CCCOc1c(CN(C)C[C@@H]2CC(=O)N(C)C2)cc(Cl)cc1OC. The Bertz CT molecular complexity index is 580. The fourth-order valence-corrected chi connectivity index (χ4v) is 3.37. The summed E-state index contributed by atoms with van der Waals surface area (Å²) >= 11 is 6.22. The van der Waals surface area contributed by atoms with E-state index < -0.39 is 0 Å². The number of carbonyl (C=O) groups is 1. The highest BCUT2D eigenvalue weighted by Crippen LogP contribution is 2.35. The van der Waals surface area contributed by atoms with Crippen LogP contribution in [0.1, 0.15) is 25.3 Å². The maximum Gasteiger partial charge on any atom is 0.222 e. The van der Waals surface area contributed by atoms with E-state index in [-0.39, 0.29) is 5.91 Å². The molecule has 1 fully saturated rings. The lowest BCUT2D eigenvalue weighted by Crippen LogP contribution is -2.27. The van der Waals surface area contributed by atoms with Gasteiger partial charge in [-0.15, -0.1) is 0 Å². The Morgan fingerprint density at radius 3 is 2.75 bits per heavy atom. The van der Waals surface area contributed by atoms with Gasteiger partial charge in [-0.25, -0.2) is 0 Å². The van der Waals surface area contributed by atoms with Crippen molar-refractivity contribution in [1.29, 1.82) is 0 Å². The molecule has 0 N–H and O–H groups in total. The van der Waals surface area contributed by atoms with Crippen molar-refractivity contribution in [2.75, 3.05) is 40.9 Å². The van der Waals surface area contributed by atoms with Gasteiger partial charge in [0.05, 0.1) is 13.7 Å². The highest BCUT2D eigenvalue weighted by molar-refractivity contribution is 6.30. The predicted octanol–water partition coefficient (Wildman–Crippen LogP) is 3.05. The molecule has 1 aliphatic rings. The number of amides is 1. The summed E-state index contributed by atoms with van der Waals surface area (Å²) in [6.07, 6.45) is 1.55. The Hall–Kier alpha value is -1.46. The monoisotopic (exact) mass is 354 g/mol. The van der Waals surface area contributed by atoms with Crippen LogP contribution in [0.3, 0.4) is 0 Å². The second-order valence-electron chi connectivity index (χ2n) is 6.49. The first-order valence-corrected chi connectivity index (χ1v) is 8.74. The van der Waals surface area contributed by atoms with E-state index in [0.29, 0.717) is 36.3 Å². The summed E-state index contributed by atoms with van der Waals surface area (Å²) in [6, 6.07) is 3.71. The molecule has 6 heteroatoms. The number of rotatable bonds is 8. The van der Waals surface area contributed by atoms with Gasteiger partial charge in [-0.3, -0.25) is 4.79 Å². The summed E-state index contributed by atoms with van der Waals surface area (Å²) in [5.41, 5.74) is 1.01. The molecule has 1 heterocycles. The lowest BCUT2D eigenvalue weighted by molar-refractivity contribution is -0.126. The number of carbonyl (C=O) groups excluding carboxylic acids is 1. The van der Waals surface area contributed by atoms with Crippen molar-refractivity contribution in [2.45, 2.75) is 26.3 Å². The molecule has 5 nitrogen and oxygen atoms in total. The van der Waals surface area contributed by atoms with E-state index in [9.17, 15) is 4.79 Å². The molecule has 0 radical (unpaired) electrons. The predicted molar refractivity (Wildman–Crippen MR) is 95.9 cm³/mol. The van der Waals surface area contributed by atoms with Gasteiger partial charge in [0.15, 0.2) is 11.5 Å². The molecular formula is C18H27ClN2O3. The number of nitrogens with zero attached hydrogens (tertiary/aromatic N) is 2. The number of methoxy groups -OCH3 is 1. The second kappa shape index (κ2) is 8.58. The standard InChI is InChI=1S/C18H27ClN2O3/c1-5-6-24-18-14(8-15(19)9-16(18)23-4)12-20(2)10-13-7-17(22)21(3)11-13/h8-9,13H,5-7,10-12H2,1-4H3/t13-/m0/s1. The summed E-state index contributed by atoms with van der Waals surface area (Å²) < 4.78 is 11.3. The maximum absolute atomic E-state index is 11.7. The van der Waals surface area contributed by atoms with Crippen LogP contribution in [-0.4, -0.2) is 56.6 Å². The van der Waals surface area contributed by atoms with Gasteiger partial charge in [-0.1, -0.05) is 18.5 Å². The van der Waals surface area contributed by atoms with Gasteiger partial charge in [-0.05, 0) is 25.5 Å². The molecule has 24 heavy (non-hydrogen) atoms. The summed E-state index contributed by atoms with van der Waals surface area (Å²) in [5.74, 6) is 2.02. The van der Waals surface area contributed by atoms with E-state index in [4.69, 9.17) is 21.1 Å². The van der Waals surface area contributed by atoms with Crippen LogP contribution in [0.25, 0.3) is 0 Å². The van der Waals surface area contributed by atoms with Gasteiger partial charge < -0.3 is 19.3 Å². The van der Waals surface area contributed by atoms with Gasteiger partial charge in [0, 0.05) is 49.8 Å². The topological polar surface area (TPSA) is 42.0 Å². The van der Waals surface area contributed by atoms with Gasteiger partial charge in [0.2, 0.25) is 5.91 Å². The van der Waals surface area contributed by atoms with Crippen molar-refractivity contribution in [2.24, 2.45) is 5.92 Å². The molecule has 1 saturated heterocycles. The van der Waals surface area contributed by atoms with Crippen LogP contribution in [0, 0.1) is 5.92 Å². The fraction of sp³-hybridized carbons (Fsp3) is 0.611. The number of hydrogen-bond acceptors (Lipinski definition) is 4. The van der Waals surface area contributed by atoms with Crippen molar-refractivity contribution in [1.82, 2.24) is 9.80 Å². The van der Waals surface area contributed by atoms with E-state index in [2.05, 4.69) is 18.9 Å². The quantitative estimate of drug-likeness (QED) is 0.719. The highest BCUT2D eigenvalue weighted by atomic mass is 35.5. The minimum atomic E-state index is 0.227. The number of hydrogen-bond donors (Lipinski definition) is 0. The van der Waals surface area contributed by atoms with Crippen molar-refractivity contribution >= 4 is 17.5 Å². The van der Waals surface area contributed by atoms with E-state index >= 15 is 0 Å². The van der Waals surface area contributed by atoms with Gasteiger partial charge >= 0.3 is 0 Å². The zero-order valence-electron chi connectivity index (χ0n) is 15.0. The molecule has 1 amide bonds. The highest BCUT2D eigenvalue weighted by Gasteiger charge is 2.27. The summed E-state index contributed by atoms with van der Waals surface area (Å²) in [6.45, 7) is 5.09. The van der Waals surface area contributed by atoms with Crippen molar-refractivity contribution in [3.8, 4) is 11.5 Å². The molecule has 0 saturated carbocycles. The van der Waals surface area contributed by atoms with Crippen LogP contribution in [0.15, 0.2) is 12.1 Å². The van der Waals surface area contributed by atoms with E-state index in [1.54, 1.807) is 18.1 Å². The molecule has 1 aromatic carbocycles. The van der Waals surface area contributed by atoms with Crippen molar-refractivity contribution < 1.29 is 14.3 Å². The molecular weight excluding hydrogens is 328 g/mol. The van der Waals surface area contributed by atoms with E-state index in [0.717, 1.165) is 30.8 Å². The third-order valence-electron chi connectivity index (χ3n) is 4.20. The minimum absolute atomic E-state index is 0.227. The summed E-state index contributed by atoms with van der Waals surface area (Å²) in [4.78, 5) is 15.7. The lowest BCUT2D eigenvalue weighted by atomic mass is 10.1. The maximum atomic E-state index is 11.7. The molecule has 1 aliphatic heterocycles. The smallest absolute Gasteiger partial charge is 0.222 e. The number of benzene rings is 1. The van der Waals surface area contributed by atoms with Crippen LogP contribution in [0.5, 0.6) is 11.5 Å². The molecule has 1 atom stereocenters. The Balaban J connectivity index is 2.09. The van der Waals surface area contributed by atoms with Crippen LogP contribution in [0.4, 0.5) is 0 Å². The Labute approximate surface area is 149 Å². The molecule has 1 aromatic rings. The third-order valence-corrected chi connectivity index (χ3v) is 4.42. The second-order valence-corrected chi connectivity index (χ2v) is 6.92. The zero-order chi connectivity index (χ0) is 17.7. The first kappa shape index (κ1) is 18.9. The first-order chi connectivity index (χ1) is 11.4. The molecule has 0 unspecified atom stereocenters. The molecule has 0 aromatic heterocycles. The Morgan fingerprint density at radius 2 is 2.17 bits per heavy atom. The summed E-state index contributed by atoms with van der Waals surface area (Å²) in [7, 11) is 5.54. The number of likely N-dealkylation sites (tertiary alicyclic amines) is 1. The van der Waals surface area contributed by atoms with Crippen molar-refractivity contribution in [3.05, 3.63) is 22.7 Å². The van der Waals surface area contributed by atoms with E-state index in [1.807, 2.05) is 13.1 Å². The lowest BCUT2D eigenvalue weighted by Gasteiger charge is -2.23. The molecule has 0 aliphatic carbocycles. The number of ether oxygens (including phenoxy) is 2. The number of halogens is 1. The fourth-order valence-electron chi connectivity index (χ4n) is 3.13. The van der Waals surface area contributed by atoms with Crippen LogP contribution >= 0.6 is 11.6 Å². The third kappa shape index (κ3) is 4.77. The molecule has 0 spiro atoms.